The third-order valence-electron chi connectivity index (χ3n) is 2.08. The van der Waals surface area contributed by atoms with E-state index >= 15 is 0 Å². The van der Waals surface area contributed by atoms with E-state index in [0.29, 0.717) is 30.7 Å². The number of hydrogen-bond donors (Lipinski definition) is 1. The van der Waals surface area contributed by atoms with E-state index in [1.54, 1.807) is 13.1 Å². The summed E-state index contributed by atoms with van der Waals surface area (Å²) in [4.78, 5) is 8.20. The van der Waals surface area contributed by atoms with E-state index < -0.39 is 0 Å². The maximum atomic E-state index is 5.44. The molecule has 2 aromatic heterocycles. The van der Waals surface area contributed by atoms with Crippen LogP contribution in [-0.2, 0) is 19.5 Å². The van der Waals surface area contributed by atoms with Gasteiger partial charge in [0.15, 0.2) is 5.82 Å². The number of rotatable bonds is 5. The van der Waals surface area contributed by atoms with Crippen LogP contribution in [0.15, 0.2) is 15.1 Å². The van der Waals surface area contributed by atoms with Gasteiger partial charge in [0.1, 0.15) is 5.76 Å². The molecule has 2 aromatic rings. The van der Waals surface area contributed by atoms with Crippen LogP contribution < -0.4 is 5.32 Å². The first kappa shape index (κ1) is 10.8. The van der Waals surface area contributed by atoms with Crippen molar-refractivity contribution >= 4 is 0 Å². The first-order chi connectivity index (χ1) is 7.78. The van der Waals surface area contributed by atoms with Gasteiger partial charge in [-0.2, -0.15) is 4.98 Å². The Morgan fingerprint density at radius 1 is 1.38 bits per heavy atom. The van der Waals surface area contributed by atoms with Crippen molar-refractivity contribution < 1.29 is 8.94 Å². The van der Waals surface area contributed by atoms with Crippen LogP contribution in [0.2, 0.25) is 0 Å². The third-order valence-corrected chi connectivity index (χ3v) is 2.08. The van der Waals surface area contributed by atoms with E-state index in [0.717, 1.165) is 12.2 Å². The molecule has 0 bridgehead atoms. The molecule has 0 aliphatic carbocycles. The number of aryl methyl sites for hydroxylation is 2. The van der Waals surface area contributed by atoms with Crippen LogP contribution in [0, 0.1) is 6.92 Å². The van der Waals surface area contributed by atoms with Crippen molar-refractivity contribution in [3.63, 3.8) is 0 Å². The summed E-state index contributed by atoms with van der Waals surface area (Å²) in [5.41, 5.74) is 0. The van der Waals surface area contributed by atoms with E-state index in [9.17, 15) is 0 Å². The third kappa shape index (κ3) is 2.66. The highest BCUT2D eigenvalue weighted by molar-refractivity contribution is 4.93. The van der Waals surface area contributed by atoms with Crippen LogP contribution in [0.3, 0.4) is 0 Å². The summed E-state index contributed by atoms with van der Waals surface area (Å²) in [6.07, 6.45) is 2.60. The lowest BCUT2D eigenvalue weighted by atomic mass is 10.4. The molecule has 0 saturated carbocycles. The number of nitrogens with one attached hydrogen (secondary N) is 1. The van der Waals surface area contributed by atoms with Crippen molar-refractivity contribution in [2.75, 3.05) is 0 Å². The quantitative estimate of drug-likeness (QED) is 0.819. The highest BCUT2D eigenvalue weighted by Gasteiger charge is 2.04. The molecule has 6 nitrogen and oxygen atoms in total. The van der Waals surface area contributed by atoms with Gasteiger partial charge in [-0.25, -0.2) is 4.98 Å². The second-order valence-electron chi connectivity index (χ2n) is 3.41. The summed E-state index contributed by atoms with van der Waals surface area (Å²) in [6.45, 7) is 4.90. The number of aromatic nitrogens is 3. The van der Waals surface area contributed by atoms with Crippen LogP contribution >= 0.6 is 0 Å². The van der Waals surface area contributed by atoms with Gasteiger partial charge in [-0.05, 0) is 0 Å². The Labute approximate surface area is 93.1 Å². The molecule has 16 heavy (non-hydrogen) atoms. The maximum absolute atomic E-state index is 5.44. The lowest BCUT2D eigenvalue weighted by Gasteiger charge is -1.96. The molecule has 86 valence electrons. The minimum atomic E-state index is 0.543. The first-order valence-electron chi connectivity index (χ1n) is 5.21. The summed E-state index contributed by atoms with van der Waals surface area (Å²) in [7, 11) is 0. The normalized spacial score (nSPS) is 10.9. The maximum Gasteiger partial charge on any atom is 0.223 e. The van der Waals surface area contributed by atoms with Crippen molar-refractivity contribution in [2.24, 2.45) is 0 Å². The molecule has 2 heterocycles. The Morgan fingerprint density at radius 2 is 2.25 bits per heavy atom. The largest absolute Gasteiger partial charge is 0.444 e. The molecule has 0 unspecified atom stereocenters. The zero-order valence-electron chi connectivity index (χ0n) is 9.36. The summed E-state index contributed by atoms with van der Waals surface area (Å²) in [5.74, 6) is 2.78. The van der Waals surface area contributed by atoms with Crippen LogP contribution in [0.4, 0.5) is 0 Å². The highest BCUT2D eigenvalue weighted by atomic mass is 16.5. The van der Waals surface area contributed by atoms with Crippen LogP contribution in [-0.4, -0.2) is 15.1 Å². The molecule has 2 rings (SSSR count). The standard InChI is InChI=1S/C10H14N4O2/c1-3-8-4-12-10(15-8)6-11-5-9-13-7(2)16-14-9/h4,11H,3,5-6H2,1-2H3. The molecule has 0 spiro atoms. The lowest BCUT2D eigenvalue weighted by Crippen LogP contribution is -2.13. The van der Waals surface area contributed by atoms with Gasteiger partial charge >= 0.3 is 0 Å². The Morgan fingerprint density at radius 3 is 2.88 bits per heavy atom. The average molecular weight is 222 g/mol. The Hall–Kier alpha value is -1.69. The Balaban J connectivity index is 1.79. The van der Waals surface area contributed by atoms with Crippen molar-refractivity contribution in [3.05, 3.63) is 29.6 Å². The fourth-order valence-corrected chi connectivity index (χ4v) is 1.29. The van der Waals surface area contributed by atoms with Crippen LogP contribution in [0.5, 0.6) is 0 Å². The van der Waals surface area contributed by atoms with E-state index in [4.69, 9.17) is 8.94 Å². The fourth-order valence-electron chi connectivity index (χ4n) is 1.29. The van der Waals surface area contributed by atoms with E-state index in [2.05, 4.69) is 20.4 Å². The molecule has 6 heteroatoms. The number of hydrogen-bond acceptors (Lipinski definition) is 6. The predicted molar refractivity (Wildman–Crippen MR) is 55.5 cm³/mol. The van der Waals surface area contributed by atoms with Crippen molar-refractivity contribution in [1.29, 1.82) is 0 Å². The topological polar surface area (TPSA) is 77.0 Å². The number of oxazole rings is 1. The summed E-state index contributed by atoms with van der Waals surface area (Å²) in [5, 5.41) is 6.90. The summed E-state index contributed by atoms with van der Waals surface area (Å²) >= 11 is 0. The molecular weight excluding hydrogens is 208 g/mol. The summed E-state index contributed by atoms with van der Waals surface area (Å²) in [6, 6.07) is 0. The van der Waals surface area contributed by atoms with E-state index in [1.165, 1.54) is 0 Å². The molecule has 0 atom stereocenters. The Bertz CT molecular complexity index is 449. The van der Waals surface area contributed by atoms with Crippen molar-refractivity contribution in [1.82, 2.24) is 20.4 Å². The number of nitrogens with zero attached hydrogens (tertiary/aromatic N) is 3. The molecular formula is C10H14N4O2. The van der Waals surface area contributed by atoms with E-state index in [-0.39, 0.29) is 0 Å². The second kappa shape index (κ2) is 4.89. The SMILES string of the molecule is CCc1cnc(CNCc2noc(C)n2)o1. The van der Waals surface area contributed by atoms with Gasteiger partial charge in [0, 0.05) is 13.3 Å². The van der Waals surface area contributed by atoms with Gasteiger partial charge in [0.25, 0.3) is 0 Å². The van der Waals surface area contributed by atoms with Crippen LogP contribution in [0.1, 0.15) is 30.3 Å². The van der Waals surface area contributed by atoms with Gasteiger partial charge in [0.05, 0.1) is 19.3 Å². The molecule has 0 radical (unpaired) electrons. The molecule has 0 fully saturated rings. The van der Waals surface area contributed by atoms with Crippen molar-refractivity contribution in [2.45, 2.75) is 33.4 Å². The fraction of sp³-hybridized carbons (Fsp3) is 0.500. The van der Waals surface area contributed by atoms with Crippen molar-refractivity contribution in [3.8, 4) is 0 Å². The average Bonchev–Trinajstić information content (AvgIpc) is 2.88. The van der Waals surface area contributed by atoms with Gasteiger partial charge in [-0.1, -0.05) is 12.1 Å². The molecule has 0 saturated heterocycles. The molecule has 0 aliphatic heterocycles. The minimum Gasteiger partial charge on any atom is -0.444 e. The molecule has 0 amide bonds. The van der Waals surface area contributed by atoms with Gasteiger partial charge in [-0.3, -0.25) is 0 Å². The van der Waals surface area contributed by atoms with Gasteiger partial charge in [-0.15, -0.1) is 0 Å². The molecule has 0 aromatic carbocycles. The zero-order valence-corrected chi connectivity index (χ0v) is 9.36. The highest BCUT2D eigenvalue weighted by Crippen LogP contribution is 2.03. The van der Waals surface area contributed by atoms with Crippen LogP contribution in [0.25, 0.3) is 0 Å². The van der Waals surface area contributed by atoms with Gasteiger partial charge < -0.3 is 14.3 Å². The molecule has 1 N–H and O–H groups in total. The van der Waals surface area contributed by atoms with E-state index in [1.807, 2.05) is 6.92 Å². The predicted octanol–water partition coefficient (Wildman–Crippen LogP) is 1.22. The minimum absolute atomic E-state index is 0.543. The van der Waals surface area contributed by atoms with Gasteiger partial charge in [0.2, 0.25) is 11.8 Å². The second-order valence-corrected chi connectivity index (χ2v) is 3.41. The monoisotopic (exact) mass is 222 g/mol. The first-order valence-corrected chi connectivity index (χ1v) is 5.21. The molecule has 0 aliphatic rings. The summed E-state index contributed by atoms with van der Waals surface area (Å²) < 4.78 is 10.3. The Kier molecular flexibility index (Phi) is 3.31. The smallest absolute Gasteiger partial charge is 0.223 e. The zero-order chi connectivity index (χ0) is 11.4. The lowest BCUT2D eigenvalue weighted by molar-refractivity contribution is 0.383.